The van der Waals surface area contributed by atoms with E-state index in [-0.39, 0.29) is 29.7 Å². The first kappa shape index (κ1) is 29.2. The molecule has 0 saturated carbocycles. The van der Waals surface area contributed by atoms with Crippen molar-refractivity contribution in [2.45, 2.75) is 37.3 Å². The Labute approximate surface area is 250 Å². The molecule has 0 aliphatic carbocycles. The smallest absolute Gasteiger partial charge is 0.251 e. The Morgan fingerprint density at radius 1 is 1.07 bits per heavy atom. The zero-order valence-electron chi connectivity index (χ0n) is 23.5. The predicted molar refractivity (Wildman–Crippen MR) is 168 cm³/mol. The van der Waals surface area contributed by atoms with E-state index in [1.165, 1.54) is 22.5 Å². The molecule has 3 aromatic carbocycles. The third-order valence-electron chi connectivity index (χ3n) is 7.65. The van der Waals surface area contributed by atoms with Crippen LogP contribution in [0.15, 0.2) is 89.4 Å². The summed E-state index contributed by atoms with van der Waals surface area (Å²) < 4.78 is 0.976. The number of nitrogens with one attached hydrogen (secondary N) is 2. The van der Waals surface area contributed by atoms with Crippen molar-refractivity contribution in [1.82, 2.24) is 20.5 Å². The van der Waals surface area contributed by atoms with Crippen molar-refractivity contribution >= 4 is 39.3 Å². The first-order valence-corrected chi connectivity index (χ1v) is 15.2. The lowest BCUT2D eigenvalue weighted by molar-refractivity contribution is -0.133. The highest BCUT2D eigenvalue weighted by Gasteiger charge is 2.32. The van der Waals surface area contributed by atoms with Gasteiger partial charge in [-0.1, -0.05) is 60.7 Å². The lowest BCUT2D eigenvalue weighted by Gasteiger charge is -2.29. The topological polar surface area (TPSA) is 139 Å². The number of benzene rings is 3. The SMILES string of the molecule is NC(N)=NCCC[C@@H]1N[C@H](CNC(=O)c2ccc3ncsc3c2)CCN(CC(c2ccccc2)c2ccccc2)C1=O. The molecule has 0 bridgehead atoms. The fraction of sp³-hybridized carbons (Fsp3) is 0.312. The molecule has 6 N–H and O–H groups in total. The van der Waals surface area contributed by atoms with E-state index in [9.17, 15) is 9.59 Å². The van der Waals surface area contributed by atoms with Crippen LogP contribution in [0.25, 0.3) is 10.2 Å². The highest BCUT2D eigenvalue weighted by molar-refractivity contribution is 7.16. The Balaban J connectivity index is 1.31. The number of nitrogens with zero attached hydrogens (tertiary/aromatic N) is 3. The number of nitrogens with two attached hydrogens (primary N) is 2. The molecular formula is C32H37N7O2S. The highest BCUT2D eigenvalue weighted by Crippen LogP contribution is 2.27. The molecule has 42 heavy (non-hydrogen) atoms. The molecule has 0 radical (unpaired) electrons. The standard InChI is InChI=1S/C32H37N7O2S/c33-32(34)35-16-7-12-28-31(41)39(20-26(22-8-3-1-4-9-22)23-10-5-2-6-11-23)17-15-25(38-28)19-36-30(40)24-13-14-27-29(18-24)42-21-37-27/h1-6,8-11,13-14,18,21,25-26,28,38H,7,12,15-17,19-20H2,(H,36,40)(H4,33,34,35)/t25-,28-/m0/s1. The number of carbonyl (C=O) groups is 2. The van der Waals surface area contributed by atoms with E-state index in [1.807, 2.05) is 53.4 Å². The van der Waals surface area contributed by atoms with Crippen molar-refractivity contribution in [3.8, 4) is 0 Å². The molecule has 2 atom stereocenters. The van der Waals surface area contributed by atoms with Crippen molar-refractivity contribution < 1.29 is 9.59 Å². The Hall–Kier alpha value is -4.28. The molecular weight excluding hydrogens is 546 g/mol. The molecule has 1 aliphatic heterocycles. The minimum absolute atomic E-state index is 0.0385. The maximum absolute atomic E-state index is 14.0. The highest BCUT2D eigenvalue weighted by atomic mass is 32.1. The van der Waals surface area contributed by atoms with Crippen molar-refractivity contribution in [3.05, 3.63) is 101 Å². The zero-order valence-corrected chi connectivity index (χ0v) is 24.3. The van der Waals surface area contributed by atoms with Crippen LogP contribution in [0.1, 0.15) is 46.7 Å². The summed E-state index contributed by atoms with van der Waals surface area (Å²) in [7, 11) is 0. The number of guanidine groups is 1. The molecule has 2 amide bonds. The van der Waals surface area contributed by atoms with E-state index in [0.29, 0.717) is 51.0 Å². The summed E-state index contributed by atoms with van der Waals surface area (Å²) >= 11 is 1.51. The molecule has 2 heterocycles. The number of aliphatic imine (C=N–C) groups is 1. The summed E-state index contributed by atoms with van der Waals surface area (Å²) in [4.78, 5) is 37.3. The van der Waals surface area contributed by atoms with Crippen LogP contribution in [0, 0.1) is 0 Å². The third kappa shape index (κ3) is 7.51. The molecule has 218 valence electrons. The van der Waals surface area contributed by atoms with Crippen LogP contribution in [0.3, 0.4) is 0 Å². The van der Waals surface area contributed by atoms with Crippen molar-refractivity contribution in [3.63, 3.8) is 0 Å². The molecule has 0 spiro atoms. The second kappa shape index (κ2) is 14.1. The summed E-state index contributed by atoms with van der Waals surface area (Å²) in [5.74, 6) is -0.00269. The number of aromatic nitrogens is 1. The first-order valence-electron chi connectivity index (χ1n) is 14.3. The summed E-state index contributed by atoms with van der Waals surface area (Å²) in [5, 5.41) is 6.62. The van der Waals surface area contributed by atoms with Gasteiger partial charge in [0.2, 0.25) is 5.91 Å². The predicted octanol–water partition coefficient (Wildman–Crippen LogP) is 3.47. The van der Waals surface area contributed by atoms with Crippen molar-refractivity contribution in [1.29, 1.82) is 0 Å². The van der Waals surface area contributed by atoms with Gasteiger partial charge in [-0.05, 0) is 48.6 Å². The molecule has 1 saturated heterocycles. The van der Waals surface area contributed by atoms with E-state index in [4.69, 9.17) is 11.5 Å². The fourth-order valence-corrected chi connectivity index (χ4v) is 6.16. The van der Waals surface area contributed by atoms with Gasteiger partial charge in [-0.3, -0.25) is 14.6 Å². The number of thiazole rings is 1. The number of hydrogen-bond acceptors (Lipinski definition) is 6. The van der Waals surface area contributed by atoms with E-state index >= 15 is 0 Å². The monoisotopic (exact) mass is 583 g/mol. The lowest BCUT2D eigenvalue weighted by atomic mass is 9.90. The van der Waals surface area contributed by atoms with Gasteiger partial charge >= 0.3 is 0 Å². The van der Waals surface area contributed by atoms with Gasteiger partial charge in [0.25, 0.3) is 5.91 Å². The molecule has 1 aliphatic rings. The second-order valence-corrected chi connectivity index (χ2v) is 11.4. The van der Waals surface area contributed by atoms with Gasteiger partial charge in [-0.25, -0.2) is 4.98 Å². The summed E-state index contributed by atoms with van der Waals surface area (Å²) in [6.07, 6.45) is 1.95. The van der Waals surface area contributed by atoms with E-state index in [1.54, 1.807) is 11.6 Å². The van der Waals surface area contributed by atoms with Crippen LogP contribution in [-0.4, -0.2) is 65.9 Å². The Morgan fingerprint density at radius 2 is 1.79 bits per heavy atom. The maximum Gasteiger partial charge on any atom is 0.251 e. The van der Waals surface area contributed by atoms with Crippen molar-refractivity contribution in [2.24, 2.45) is 16.5 Å². The number of rotatable bonds is 11. The summed E-state index contributed by atoms with van der Waals surface area (Å²) in [5.41, 5.74) is 16.6. The summed E-state index contributed by atoms with van der Waals surface area (Å²) in [6, 6.07) is 25.7. The molecule has 10 heteroatoms. The van der Waals surface area contributed by atoms with Crippen LogP contribution in [-0.2, 0) is 4.79 Å². The minimum Gasteiger partial charge on any atom is -0.370 e. The minimum atomic E-state index is -0.413. The quantitative estimate of drug-likeness (QED) is 0.121. The molecule has 4 aromatic rings. The maximum atomic E-state index is 14.0. The second-order valence-electron chi connectivity index (χ2n) is 10.6. The first-order chi connectivity index (χ1) is 20.5. The van der Waals surface area contributed by atoms with Crippen LogP contribution in [0.5, 0.6) is 0 Å². The number of fused-ring (bicyclic) bond motifs is 1. The van der Waals surface area contributed by atoms with Crippen molar-refractivity contribution in [2.75, 3.05) is 26.2 Å². The van der Waals surface area contributed by atoms with Crippen LogP contribution < -0.4 is 22.1 Å². The summed E-state index contributed by atoms with van der Waals surface area (Å²) in [6.45, 7) is 2.00. The van der Waals surface area contributed by atoms with E-state index in [2.05, 4.69) is 44.9 Å². The van der Waals surface area contributed by atoms with Gasteiger partial charge in [0.1, 0.15) is 0 Å². The normalized spacial score (nSPS) is 17.3. The Morgan fingerprint density at radius 3 is 2.48 bits per heavy atom. The van der Waals surface area contributed by atoms with Gasteiger partial charge in [0.15, 0.2) is 5.96 Å². The average Bonchev–Trinajstić information content (AvgIpc) is 3.43. The molecule has 9 nitrogen and oxygen atoms in total. The largest absolute Gasteiger partial charge is 0.370 e. The molecule has 0 unspecified atom stereocenters. The number of amides is 2. The van der Waals surface area contributed by atoms with Crippen LogP contribution in [0.2, 0.25) is 0 Å². The fourth-order valence-electron chi connectivity index (χ4n) is 5.44. The number of carbonyl (C=O) groups excluding carboxylic acids is 2. The molecule has 1 aromatic heterocycles. The van der Waals surface area contributed by atoms with Gasteiger partial charge < -0.3 is 27.0 Å². The van der Waals surface area contributed by atoms with Gasteiger partial charge in [-0.15, -0.1) is 11.3 Å². The lowest BCUT2D eigenvalue weighted by Crippen LogP contribution is -2.49. The van der Waals surface area contributed by atoms with Crippen LogP contribution in [0.4, 0.5) is 0 Å². The van der Waals surface area contributed by atoms with Gasteiger partial charge in [0.05, 0.1) is 21.8 Å². The molecule has 1 fully saturated rings. The van der Waals surface area contributed by atoms with E-state index in [0.717, 1.165) is 10.2 Å². The third-order valence-corrected chi connectivity index (χ3v) is 8.44. The molecule has 5 rings (SSSR count). The average molecular weight is 584 g/mol. The Kier molecular flexibility index (Phi) is 9.78. The van der Waals surface area contributed by atoms with Gasteiger partial charge in [-0.2, -0.15) is 0 Å². The Bertz CT molecular complexity index is 1470. The van der Waals surface area contributed by atoms with E-state index < -0.39 is 6.04 Å². The zero-order chi connectivity index (χ0) is 29.3. The van der Waals surface area contributed by atoms with Crippen LogP contribution >= 0.6 is 11.3 Å². The number of hydrogen-bond donors (Lipinski definition) is 4. The van der Waals surface area contributed by atoms with Gasteiger partial charge in [0, 0.05) is 43.7 Å².